The Morgan fingerprint density at radius 1 is 1.43 bits per heavy atom. The number of carbonyl (C=O) groups excluding carboxylic acids is 1. The zero-order chi connectivity index (χ0) is 15.2. The molecule has 1 heterocycles. The van der Waals surface area contributed by atoms with Crippen LogP contribution in [0.25, 0.3) is 0 Å². The van der Waals surface area contributed by atoms with Crippen LogP contribution >= 0.6 is 0 Å². The van der Waals surface area contributed by atoms with E-state index in [1.165, 1.54) is 6.20 Å². The van der Waals surface area contributed by atoms with Gasteiger partial charge in [-0.15, -0.1) is 0 Å². The summed E-state index contributed by atoms with van der Waals surface area (Å²) in [4.78, 5) is 22.5. The van der Waals surface area contributed by atoms with Gasteiger partial charge in [0.1, 0.15) is 11.5 Å². The third-order valence-corrected chi connectivity index (χ3v) is 3.92. The summed E-state index contributed by atoms with van der Waals surface area (Å²) in [6, 6.07) is -0.125. The number of anilines is 1. The quantitative estimate of drug-likeness (QED) is 0.863. The van der Waals surface area contributed by atoms with E-state index >= 15 is 0 Å². The van der Waals surface area contributed by atoms with Crippen molar-refractivity contribution in [3.63, 3.8) is 0 Å². The number of hydrogen-bond acceptors (Lipinski definition) is 5. The summed E-state index contributed by atoms with van der Waals surface area (Å²) in [6.45, 7) is 2.86. The summed E-state index contributed by atoms with van der Waals surface area (Å²) in [5, 5.41) is 13.2. The summed E-state index contributed by atoms with van der Waals surface area (Å²) >= 11 is 0. The van der Waals surface area contributed by atoms with Crippen LogP contribution in [0.3, 0.4) is 0 Å². The molecular weight excluding hydrogens is 268 g/mol. The van der Waals surface area contributed by atoms with Crippen LogP contribution in [0.15, 0.2) is 12.4 Å². The van der Waals surface area contributed by atoms with Crippen LogP contribution in [0.4, 0.5) is 5.82 Å². The first-order valence-electron chi connectivity index (χ1n) is 7.64. The van der Waals surface area contributed by atoms with Gasteiger partial charge in [-0.05, 0) is 19.3 Å². The molecule has 0 radical (unpaired) electrons. The maximum absolute atomic E-state index is 12.5. The fourth-order valence-electron chi connectivity index (χ4n) is 2.68. The number of aromatic nitrogens is 2. The number of amides is 1. The van der Waals surface area contributed by atoms with Crippen molar-refractivity contribution in [2.75, 3.05) is 18.9 Å². The van der Waals surface area contributed by atoms with Crippen molar-refractivity contribution in [3.05, 3.63) is 18.1 Å². The average molecular weight is 292 g/mol. The number of aliphatic hydroxyl groups is 1. The van der Waals surface area contributed by atoms with Gasteiger partial charge in [-0.3, -0.25) is 9.78 Å². The van der Waals surface area contributed by atoms with Crippen molar-refractivity contribution in [1.82, 2.24) is 14.9 Å². The number of nitrogens with zero attached hydrogens (tertiary/aromatic N) is 3. The van der Waals surface area contributed by atoms with Crippen LogP contribution in [0.5, 0.6) is 0 Å². The minimum absolute atomic E-state index is 0.125. The maximum Gasteiger partial charge on any atom is 0.274 e. The van der Waals surface area contributed by atoms with Crippen molar-refractivity contribution >= 4 is 11.7 Å². The molecule has 0 aromatic carbocycles. The summed E-state index contributed by atoms with van der Waals surface area (Å²) in [7, 11) is 1.73. The van der Waals surface area contributed by atoms with E-state index in [1.807, 2.05) is 0 Å². The number of likely N-dealkylation sites (N-methyl/N-ethyl adjacent to an activating group) is 1. The fraction of sp³-hybridized carbons (Fsp3) is 0.667. The van der Waals surface area contributed by atoms with Gasteiger partial charge < -0.3 is 15.3 Å². The van der Waals surface area contributed by atoms with Crippen LogP contribution in [0.2, 0.25) is 0 Å². The van der Waals surface area contributed by atoms with Crippen molar-refractivity contribution in [2.45, 2.75) is 51.2 Å². The lowest BCUT2D eigenvalue weighted by Gasteiger charge is -2.34. The topological polar surface area (TPSA) is 78.4 Å². The lowest BCUT2D eigenvalue weighted by molar-refractivity contribution is 0.0264. The van der Waals surface area contributed by atoms with Crippen LogP contribution in [0.1, 0.15) is 49.5 Å². The second-order valence-corrected chi connectivity index (χ2v) is 5.55. The first-order chi connectivity index (χ1) is 10.1. The van der Waals surface area contributed by atoms with E-state index in [0.717, 1.165) is 38.6 Å². The van der Waals surface area contributed by atoms with Gasteiger partial charge in [0, 0.05) is 13.6 Å². The highest BCUT2D eigenvalue weighted by Crippen LogP contribution is 2.23. The summed E-state index contributed by atoms with van der Waals surface area (Å²) in [5.74, 6) is 0.425. The molecule has 1 fully saturated rings. The summed E-state index contributed by atoms with van der Waals surface area (Å²) in [6.07, 6.45) is 7.29. The minimum atomic E-state index is -0.443. The molecule has 21 heavy (non-hydrogen) atoms. The van der Waals surface area contributed by atoms with Crippen LogP contribution in [-0.2, 0) is 0 Å². The monoisotopic (exact) mass is 292 g/mol. The third-order valence-electron chi connectivity index (χ3n) is 3.92. The number of aliphatic hydroxyl groups excluding tert-OH is 1. The van der Waals surface area contributed by atoms with Gasteiger partial charge in [0.15, 0.2) is 0 Å². The average Bonchev–Trinajstić information content (AvgIpc) is 2.52. The van der Waals surface area contributed by atoms with Crippen molar-refractivity contribution in [1.29, 1.82) is 0 Å². The molecule has 1 saturated carbocycles. The molecule has 6 heteroatoms. The predicted octanol–water partition coefficient (Wildman–Crippen LogP) is 1.67. The second kappa shape index (κ2) is 7.36. The van der Waals surface area contributed by atoms with Gasteiger partial charge >= 0.3 is 0 Å². The van der Waals surface area contributed by atoms with Crippen molar-refractivity contribution in [2.24, 2.45) is 0 Å². The Bertz CT molecular complexity index is 480. The number of rotatable bonds is 5. The maximum atomic E-state index is 12.5. The van der Waals surface area contributed by atoms with Gasteiger partial charge in [-0.1, -0.05) is 19.8 Å². The highest BCUT2D eigenvalue weighted by molar-refractivity contribution is 5.92. The van der Waals surface area contributed by atoms with E-state index in [0.29, 0.717) is 11.5 Å². The SMILES string of the molecule is CCCNc1cncc(C(=O)N(C)C2CCCCC2O)n1. The minimum Gasteiger partial charge on any atom is -0.391 e. The number of carbonyl (C=O) groups is 1. The molecule has 2 unspecified atom stereocenters. The van der Waals surface area contributed by atoms with Gasteiger partial charge in [-0.25, -0.2) is 4.98 Å². The molecule has 0 aliphatic heterocycles. The number of nitrogens with one attached hydrogen (secondary N) is 1. The van der Waals surface area contributed by atoms with Crippen LogP contribution in [-0.4, -0.2) is 51.6 Å². The lowest BCUT2D eigenvalue weighted by Crippen LogP contribution is -2.46. The predicted molar refractivity (Wildman–Crippen MR) is 81.2 cm³/mol. The zero-order valence-electron chi connectivity index (χ0n) is 12.7. The molecule has 1 aromatic heterocycles. The van der Waals surface area contributed by atoms with Gasteiger partial charge in [0.05, 0.1) is 24.5 Å². The molecule has 2 rings (SSSR count). The Balaban J connectivity index is 2.07. The Morgan fingerprint density at radius 3 is 2.90 bits per heavy atom. The Labute approximate surface area is 125 Å². The molecule has 2 N–H and O–H groups in total. The van der Waals surface area contributed by atoms with E-state index in [-0.39, 0.29) is 11.9 Å². The van der Waals surface area contributed by atoms with E-state index in [2.05, 4.69) is 22.2 Å². The van der Waals surface area contributed by atoms with Gasteiger partial charge in [0.2, 0.25) is 0 Å². The third kappa shape index (κ3) is 3.91. The van der Waals surface area contributed by atoms with E-state index < -0.39 is 6.10 Å². The van der Waals surface area contributed by atoms with Crippen molar-refractivity contribution < 1.29 is 9.90 Å². The summed E-state index contributed by atoms with van der Waals surface area (Å²) < 4.78 is 0. The molecule has 0 saturated heterocycles. The van der Waals surface area contributed by atoms with E-state index in [1.54, 1.807) is 18.1 Å². The Hall–Kier alpha value is -1.69. The molecule has 6 nitrogen and oxygen atoms in total. The number of hydrogen-bond donors (Lipinski definition) is 2. The largest absolute Gasteiger partial charge is 0.391 e. The molecule has 1 aliphatic carbocycles. The van der Waals surface area contributed by atoms with Crippen LogP contribution in [0, 0.1) is 0 Å². The first kappa shape index (κ1) is 15.7. The molecule has 2 atom stereocenters. The fourth-order valence-corrected chi connectivity index (χ4v) is 2.68. The molecular formula is C15H24N4O2. The molecule has 116 valence electrons. The standard InChI is InChI=1S/C15H24N4O2/c1-3-8-17-14-10-16-9-11(18-14)15(21)19(2)12-6-4-5-7-13(12)20/h9-10,12-13,20H,3-8H2,1-2H3,(H,17,18). The highest BCUT2D eigenvalue weighted by atomic mass is 16.3. The lowest BCUT2D eigenvalue weighted by atomic mass is 9.91. The molecule has 1 amide bonds. The Kier molecular flexibility index (Phi) is 5.50. The molecule has 0 bridgehead atoms. The van der Waals surface area contributed by atoms with E-state index in [9.17, 15) is 9.90 Å². The molecule has 1 aliphatic rings. The van der Waals surface area contributed by atoms with Crippen LogP contribution < -0.4 is 5.32 Å². The molecule has 1 aromatic rings. The first-order valence-corrected chi connectivity index (χ1v) is 7.64. The normalized spacial score (nSPS) is 21.9. The highest BCUT2D eigenvalue weighted by Gasteiger charge is 2.30. The van der Waals surface area contributed by atoms with Crippen molar-refractivity contribution in [3.8, 4) is 0 Å². The van der Waals surface area contributed by atoms with Gasteiger partial charge in [0.25, 0.3) is 5.91 Å². The Morgan fingerprint density at radius 2 is 2.19 bits per heavy atom. The zero-order valence-corrected chi connectivity index (χ0v) is 12.7. The van der Waals surface area contributed by atoms with E-state index in [4.69, 9.17) is 0 Å². The van der Waals surface area contributed by atoms with Gasteiger partial charge in [-0.2, -0.15) is 0 Å². The summed E-state index contributed by atoms with van der Waals surface area (Å²) in [5.41, 5.74) is 0.316. The smallest absolute Gasteiger partial charge is 0.274 e. The molecule has 0 spiro atoms. The second-order valence-electron chi connectivity index (χ2n) is 5.55.